The molecule has 1 N–H and O–H groups in total. The molecule has 1 heterocycles. The van der Waals surface area contributed by atoms with Crippen LogP contribution in [0.1, 0.15) is 36.4 Å². The highest BCUT2D eigenvalue weighted by Gasteiger charge is 2.10. The summed E-state index contributed by atoms with van der Waals surface area (Å²) in [6.07, 6.45) is 0. The molecule has 3 heteroatoms. The summed E-state index contributed by atoms with van der Waals surface area (Å²) in [5.74, 6) is 0.817. The molecule has 0 saturated carbocycles. The van der Waals surface area contributed by atoms with Crippen molar-refractivity contribution in [1.29, 1.82) is 0 Å². The molecule has 0 bridgehead atoms. The van der Waals surface area contributed by atoms with Crippen molar-refractivity contribution in [2.24, 2.45) is 0 Å². The molecular formula is C17H23N3. The van der Waals surface area contributed by atoms with Crippen molar-refractivity contribution in [2.45, 2.75) is 47.2 Å². The average molecular weight is 269 g/mol. The van der Waals surface area contributed by atoms with Gasteiger partial charge in [0.1, 0.15) is 0 Å². The van der Waals surface area contributed by atoms with E-state index in [1.807, 2.05) is 6.07 Å². The molecule has 106 valence electrons. The summed E-state index contributed by atoms with van der Waals surface area (Å²) < 4.78 is 0. The fourth-order valence-electron chi connectivity index (χ4n) is 2.21. The van der Waals surface area contributed by atoms with E-state index >= 15 is 0 Å². The molecule has 2 rings (SSSR count). The molecule has 2 aromatic rings. The average Bonchev–Trinajstić information content (AvgIpc) is 2.37. The Morgan fingerprint density at radius 3 is 2.25 bits per heavy atom. The molecule has 0 atom stereocenters. The molecule has 0 radical (unpaired) electrons. The SMILES string of the molecule is Cc1cccc(-c2nc(C)c(CNC(C)C)c(C)n2)c1. The second kappa shape index (κ2) is 6.14. The number of rotatable bonds is 4. The van der Waals surface area contributed by atoms with E-state index in [0.29, 0.717) is 6.04 Å². The highest BCUT2D eigenvalue weighted by atomic mass is 14.9. The first kappa shape index (κ1) is 14.7. The fourth-order valence-corrected chi connectivity index (χ4v) is 2.21. The molecule has 0 saturated heterocycles. The van der Waals surface area contributed by atoms with E-state index < -0.39 is 0 Å². The van der Waals surface area contributed by atoms with Gasteiger partial charge in [0.25, 0.3) is 0 Å². The van der Waals surface area contributed by atoms with E-state index in [0.717, 1.165) is 29.3 Å². The Hall–Kier alpha value is -1.74. The van der Waals surface area contributed by atoms with E-state index in [2.05, 4.69) is 68.1 Å². The lowest BCUT2D eigenvalue weighted by Crippen LogP contribution is -2.23. The fraction of sp³-hybridized carbons (Fsp3) is 0.412. The summed E-state index contributed by atoms with van der Waals surface area (Å²) in [6.45, 7) is 11.3. The minimum absolute atomic E-state index is 0.463. The highest BCUT2D eigenvalue weighted by Crippen LogP contribution is 2.19. The molecule has 3 nitrogen and oxygen atoms in total. The number of aromatic nitrogens is 2. The Morgan fingerprint density at radius 2 is 1.70 bits per heavy atom. The molecule has 0 unspecified atom stereocenters. The van der Waals surface area contributed by atoms with Crippen LogP contribution in [0.25, 0.3) is 11.4 Å². The van der Waals surface area contributed by atoms with Gasteiger partial charge in [0.15, 0.2) is 5.82 Å². The van der Waals surface area contributed by atoms with Gasteiger partial charge in [-0.2, -0.15) is 0 Å². The number of nitrogens with zero attached hydrogens (tertiary/aromatic N) is 2. The minimum atomic E-state index is 0.463. The van der Waals surface area contributed by atoms with Crippen LogP contribution in [0.3, 0.4) is 0 Å². The van der Waals surface area contributed by atoms with Crippen LogP contribution in [0.4, 0.5) is 0 Å². The van der Waals surface area contributed by atoms with Crippen molar-refractivity contribution < 1.29 is 0 Å². The molecule has 0 aliphatic heterocycles. The smallest absolute Gasteiger partial charge is 0.159 e. The van der Waals surface area contributed by atoms with Crippen LogP contribution in [0.15, 0.2) is 24.3 Å². The molecule has 20 heavy (non-hydrogen) atoms. The molecule has 0 amide bonds. The monoisotopic (exact) mass is 269 g/mol. The number of nitrogens with one attached hydrogen (secondary N) is 1. The van der Waals surface area contributed by atoms with Crippen molar-refractivity contribution in [3.05, 3.63) is 46.8 Å². The molecule has 0 fully saturated rings. The summed E-state index contributed by atoms with van der Waals surface area (Å²) in [5, 5.41) is 3.43. The normalized spacial score (nSPS) is 11.1. The summed E-state index contributed by atoms with van der Waals surface area (Å²) in [4.78, 5) is 9.34. The number of hydrogen-bond acceptors (Lipinski definition) is 3. The third-order valence-corrected chi connectivity index (χ3v) is 3.38. The second-order valence-corrected chi connectivity index (χ2v) is 5.60. The maximum atomic E-state index is 4.67. The lowest BCUT2D eigenvalue weighted by molar-refractivity contribution is 0.583. The largest absolute Gasteiger partial charge is 0.310 e. The van der Waals surface area contributed by atoms with E-state index in [4.69, 9.17) is 0 Å². The number of hydrogen-bond donors (Lipinski definition) is 1. The Kier molecular flexibility index (Phi) is 4.50. The molecule has 1 aromatic heterocycles. The van der Waals surface area contributed by atoms with Crippen LogP contribution in [0.2, 0.25) is 0 Å². The van der Waals surface area contributed by atoms with Gasteiger partial charge in [0.2, 0.25) is 0 Å². The topological polar surface area (TPSA) is 37.8 Å². The van der Waals surface area contributed by atoms with Gasteiger partial charge in [-0.1, -0.05) is 37.6 Å². The van der Waals surface area contributed by atoms with Crippen LogP contribution in [-0.4, -0.2) is 16.0 Å². The van der Waals surface area contributed by atoms with E-state index in [1.165, 1.54) is 11.1 Å². The lowest BCUT2D eigenvalue weighted by Gasteiger charge is -2.13. The third kappa shape index (κ3) is 3.42. The number of aryl methyl sites for hydroxylation is 3. The van der Waals surface area contributed by atoms with Crippen molar-refractivity contribution in [2.75, 3.05) is 0 Å². The molecule has 0 aliphatic rings. The standard InChI is InChI=1S/C17H23N3/c1-11(2)18-10-16-13(4)19-17(20-14(16)5)15-8-6-7-12(3)9-15/h6-9,11,18H,10H2,1-5H3. The third-order valence-electron chi connectivity index (χ3n) is 3.38. The lowest BCUT2D eigenvalue weighted by atomic mass is 10.1. The van der Waals surface area contributed by atoms with Gasteiger partial charge < -0.3 is 5.32 Å². The summed E-state index contributed by atoms with van der Waals surface area (Å²) in [6, 6.07) is 8.79. The Labute approximate surface area is 121 Å². The van der Waals surface area contributed by atoms with Gasteiger partial charge in [0.05, 0.1) is 0 Å². The Morgan fingerprint density at radius 1 is 1.05 bits per heavy atom. The Balaban J connectivity index is 2.35. The van der Waals surface area contributed by atoms with Crippen molar-refractivity contribution >= 4 is 0 Å². The van der Waals surface area contributed by atoms with Crippen LogP contribution >= 0.6 is 0 Å². The van der Waals surface area contributed by atoms with Gasteiger partial charge in [-0.3, -0.25) is 0 Å². The van der Waals surface area contributed by atoms with Crippen LogP contribution in [0, 0.1) is 20.8 Å². The van der Waals surface area contributed by atoms with Gasteiger partial charge in [0, 0.05) is 35.1 Å². The Bertz CT molecular complexity index is 580. The zero-order valence-corrected chi connectivity index (χ0v) is 13.0. The van der Waals surface area contributed by atoms with Crippen molar-refractivity contribution in [1.82, 2.24) is 15.3 Å². The van der Waals surface area contributed by atoms with Crippen molar-refractivity contribution in [3.8, 4) is 11.4 Å². The first-order valence-corrected chi connectivity index (χ1v) is 7.12. The summed E-state index contributed by atoms with van der Waals surface area (Å²) in [5.41, 5.74) is 5.63. The van der Waals surface area contributed by atoms with Gasteiger partial charge in [-0.25, -0.2) is 9.97 Å². The predicted molar refractivity (Wildman–Crippen MR) is 83.7 cm³/mol. The summed E-state index contributed by atoms with van der Waals surface area (Å²) >= 11 is 0. The van der Waals surface area contributed by atoms with E-state index in [1.54, 1.807) is 0 Å². The molecule has 0 spiro atoms. The first-order chi connectivity index (χ1) is 9.47. The van der Waals surface area contributed by atoms with Crippen molar-refractivity contribution in [3.63, 3.8) is 0 Å². The second-order valence-electron chi connectivity index (χ2n) is 5.60. The van der Waals surface area contributed by atoms with Gasteiger partial charge in [-0.15, -0.1) is 0 Å². The quantitative estimate of drug-likeness (QED) is 0.922. The molecular weight excluding hydrogens is 246 g/mol. The predicted octanol–water partition coefficient (Wildman–Crippen LogP) is 3.57. The van der Waals surface area contributed by atoms with Gasteiger partial charge >= 0.3 is 0 Å². The number of benzene rings is 1. The molecule has 0 aliphatic carbocycles. The van der Waals surface area contributed by atoms with Gasteiger partial charge in [-0.05, 0) is 26.8 Å². The summed E-state index contributed by atoms with van der Waals surface area (Å²) in [7, 11) is 0. The highest BCUT2D eigenvalue weighted by molar-refractivity contribution is 5.56. The van der Waals surface area contributed by atoms with Crippen LogP contribution in [-0.2, 0) is 6.54 Å². The maximum Gasteiger partial charge on any atom is 0.159 e. The zero-order valence-electron chi connectivity index (χ0n) is 13.0. The van der Waals surface area contributed by atoms with Crippen LogP contribution < -0.4 is 5.32 Å². The maximum absolute atomic E-state index is 4.67. The molecule has 1 aromatic carbocycles. The van der Waals surface area contributed by atoms with Crippen LogP contribution in [0.5, 0.6) is 0 Å². The minimum Gasteiger partial charge on any atom is -0.310 e. The zero-order chi connectivity index (χ0) is 14.7. The first-order valence-electron chi connectivity index (χ1n) is 7.12. The van der Waals surface area contributed by atoms with E-state index in [9.17, 15) is 0 Å². The van der Waals surface area contributed by atoms with E-state index in [-0.39, 0.29) is 0 Å².